The molecule has 1 unspecified atom stereocenters. The van der Waals surface area contributed by atoms with E-state index in [2.05, 4.69) is 0 Å². The van der Waals surface area contributed by atoms with Crippen molar-refractivity contribution in [3.8, 4) is 0 Å². The lowest BCUT2D eigenvalue weighted by molar-refractivity contribution is 0.0677. The summed E-state index contributed by atoms with van der Waals surface area (Å²) in [5.74, 6) is 0. The number of benzene rings is 1. The van der Waals surface area contributed by atoms with Crippen molar-refractivity contribution in [1.29, 1.82) is 0 Å². The zero-order valence-corrected chi connectivity index (χ0v) is 8.99. The van der Waals surface area contributed by atoms with Gasteiger partial charge in [0.05, 0.1) is 0 Å². The highest BCUT2D eigenvalue weighted by Crippen LogP contribution is 2.14. The first kappa shape index (κ1) is 11.0. The highest BCUT2D eigenvalue weighted by Gasteiger charge is 2.13. The van der Waals surface area contributed by atoms with Gasteiger partial charge in [0, 0.05) is 26.2 Å². The standard InChI is InChI=1S/C11H18N2O/c1-11(12,14)8-9-4-6-10(7-5-9)13(2)3/h4-7,14H,8,12H2,1-3H3. The molecular weight excluding hydrogens is 176 g/mol. The molecule has 0 fully saturated rings. The van der Waals surface area contributed by atoms with E-state index in [0.29, 0.717) is 6.42 Å². The molecule has 0 saturated carbocycles. The molecule has 78 valence electrons. The predicted molar refractivity (Wildman–Crippen MR) is 59.3 cm³/mol. The Bertz CT molecular complexity index is 285. The largest absolute Gasteiger partial charge is 0.378 e. The van der Waals surface area contributed by atoms with Crippen LogP contribution in [0.25, 0.3) is 0 Å². The van der Waals surface area contributed by atoms with Crippen LogP contribution in [-0.4, -0.2) is 24.9 Å². The molecule has 0 amide bonds. The van der Waals surface area contributed by atoms with Crippen LogP contribution < -0.4 is 10.6 Å². The quantitative estimate of drug-likeness (QED) is 0.705. The normalized spacial score (nSPS) is 14.9. The van der Waals surface area contributed by atoms with E-state index in [0.717, 1.165) is 11.3 Å². The monoisotopic (exact) mass is 194 g/mol. The summed E-state index contributed by atoms with van der Waals surface area (Å²) in [5.41, 5.74) is 6.57. The van der Waals surface area contributed by atoms with Gasteiger partial charge < -0.3 is 15.7 Å². The molecule has 0 heterocycles. The van der Waals surface area contributed by atoms with E-state index in [9.17, 15) is 5.11 Å². The first-order valence-corrected chi connectivity index (χ1v) is 4.66. The van der Waals surface area contributed by atoms with Gasteiger partial charge in [0.15, 0.2) is 0 Å². The second-order valence-electron chi connectivity index (χ2n) is 4.09. The highest BCUT2D eigenvalue weighted by atomic mass is 16.3. The van der Waals surface area contributed by atoms with E-state index in [1.165, 1.54) is 0 Å². The lowest BCUT2D eigenvalue weighted by atomic mass is 10.0. The smallest absolute Gasteiger partial charge is 0.114 e. The highest BCUT2D eigenvalue weighted by molar-refractivity contribution is 5.46. The third-order valence-corrected chi connectivity index (χ3v) is 2.01. The van der Waals surface area contributed by atoms with E-state index in [1.54, 1.807) is 6.92 Å². The lowest BCUT2D eigenvalue weighted by Gasteiger charge is -2.18. The van der Waals surface area contributed by atoms with Crippen molar-refractivity contribution in [2.75, 3.05) is 19.0 Å². The molecule has 0 aliphatic heterocycles. The van der Waals surface area contributed by atoms with Crippen molar-refractivity contribution < 1.29 is 5.11 Å². The Balaban J connectivity index is 2.74. The maximum Gasteiger partial charge on any atom is 0.114 e. The molecule has 1 atom stereocenters. The molecule has 0 aliphatic carbocycles. The third kappa shape index (κ3) is 3.36. The van der Waals surface area contributed by atoms with E-state index < -0.39 is 5.72 Å². The van der Waals surface area contributed by atoms with E-state index >= 15 is 0 Å². The predicted octanol–water partition coefficient (Wildman–Crippen LogP) is 0.962. The summed E-state index contributed by atoms with van der Waals surface area (Å²) >= 11 is 0. The van der Waals surface area contributed by atoms with E-state index in [1.807, 2.05) is 43.3 Å². The SMILES string of the molecule is CN(C)c1ccc(CC(C)(N)O)cc1. The lowest BCUT2D eigenvalue weighted by Crippen LogP contribution is -2.37. The van der Waals surface area contributed by atoms with E-state index in [4.69, 9.17) is 5.73 Å². The van der Waals surface area contributed by atoms with Crippen LogP contribution in [0.3, 0.4) is 0 Å². The van der Waals surface area contributed by atoms with Gasteiger partial charge in [0.25, 0.3) is 0 Å². The number of aliphatic hydroxyl groups is 1. The Hall–Kier alpha value is -1.06. The van der Waals surface area contributed by atoms with Gasteiger partial charge in [-0.25, -0.2) is 0 Å². The number of hydrogen-bond donors (Lipinski definition) is 2. The Morgan fingerprint density at radius 1 is 1.29 bits per heavy atom. The Morgan fingerprint density at radius 2 is 1.79 bits per heavy atom. The van der Waals surface area contributed by atoms with Crippen LogP contribution >= 0.6 is 0 Å². The van der Waals surface area contributed by atoms with Crippen LogP contribution in [0.4, 0.5) is 5.69 Å². The van der Waals surface area contributed by atoms with Gasteiger partial charge in [0.1, 0.15) is 5.72 Å². The number of hydrogen-bond acceptors (Lipinski definition) is 3. The molecule has 0 aliphatic rings. The summed E-state index contributed by atoms with van der Waals surface area (Å²) in [7, 11) is 3.99. The molecule has 0 radical (unpaired) electrons. The van der Waals surface area contributed by atoms with Crippen LogP contribution in [-0.2, 0) is 6.42 Å². The molecule has 3 N–H and O–H groups in total. The summed E-state index contributed by atoms with van der Waals surface area (Å²) < 4.78 is 0. The second kappa shape index (κ2) is 3.98. The molecule has 1 aromatic rings. The first-order valence-electron chi connectivity index (χ1n) is 4.66. The number of rotatable bonds is 3. The van der Waals surface area contributed by atoms with Crippen LogP contribution in [0.15, 0.2) is 24.3 Å². The summed E-state index contributed by atoms with van der Waals surface area (Å²) in [5, 5.41) is 9.42. The minimum atomic E-state index is -1.13. The Morgan fingerprint density at radius 3 is 2.14 bits per heavy atom. The van der Waals surface area contributed by atoms with Gasteiger partial charge in [-0.2, -0.15) is 0 Å². The molecule has 3 heteroatoms. The molecule has 1 rings (SSSR count). The summed E-state index contributed by atoms with van der Waals surface area (Å²) in [6.45, 7) is 1.60. The fourth-order valence-corrected chi connectivity index (χ4v) is 1.33. The number of anilines is 1. The van der Waals surface area contributed by atoms with Crippen molar-refractivity contribution in [2.24, 2.45) is 5.73 Å². The zero-order chi connectivity index (χ0) is 10.8. The molecule has 1 aromatic carbocycles. The Kier molecular flexibility index (Phi) is 3.13. The summed E-state index contributed by atoms with van der Waals surface area (Å²) in [4.78, 5) is 2.03. The third-order valence-electron chi connectivity index (χ3n) is 2.01. The van der Waals surface area contributed by atoms with Crippen molar-refractivity contribution in [1.82, 2.24) is 0 Å². The molecule has 0 spiro atoms. The Labute approximate surface area is 85.2 Å². The average Bonchev–Trinajstić information content (AvgIpc) is 2.02. The van der Waals surface area contributed by atoms with Crippen LogP contribution in [0.5, 0.6) is 0 Å². The van der Waals surface area contributed by atoms with Gasteiger partial charge in [-0.3, -0.25) is 0 Å². The minimum absolute atomic E-state index is 0.473. The fourth-order valence-electron chi connectivity index (χ4n) is 1.33. The van der Waals surface area contributed by atoms with E-state index in [-0.39, 0.29) is 0 Å². The maximum absolute atomic E-state index is 9.42. The topological polar surface area (TPSA) is 49.5 Å². The maximum atomic E-state index is 9.42. The van der Waals surface area contributed by atoms with Crippen molar-refractivity contribution >= 4 is 5.69 Å². The zero-order valence-electron chi connectivity index (χ0n) is 8.99. The fraction of sp³-hybridized carbons (Fsp3) is 0.455. The molecule has 3 nitrogen and oxygen atoms in total. The van der Waals surface area contributed by atoms with Gasteiger partial charge in [-0.05, 0) is 24.6 Å². The molecule has 0 aromatic heterocycles. The summed E-state index contributed by atoms with van der Waals surface area (Å²) in [6, 6.07) is 8.00. The van der Waals surface area contributed by atoms with Crippen LogP contribution in [0.2, 0.25) is 0 Å². The van der Waals surface area contributed by atoms with Gasteiger partial charge in [0.2, 0.25) is 0 Å². The van der Waals surface area contributed by atoms with Crippen molar-refractivity contribution in [2.45, 2.75) is 19.1 Å². The molecular formula is C11H18N2O. The first-order chi connectivity index (χ1) is 6.38. The summed E-state index contributed by atoms with van der Waals surface area (Å²) in [6.07, 6.45) is 0.473. The number of nitrogens with zero attached hydrogens (tertiary/aromatic N) is 1. The average molecular weight is 194 g/mol. The van der Waals surface area contributed by atoms with Crippen LogP contribution in [0.1, 0.15) is 12.5 Å². The van der Waals surface area contributed by atoms with Crippen molar-refractivity contribution in [3.05, 3.63) is 29.8 Å². The van der Waals surface area contributed by atoms with Gasteiger partial charge in [-0.1, -0.05) is 12.1 Å². The molecule has 0 saturated heterocycles. The van der Waals surface area contributed by atoms with Gasteiger partial charge >= 0.3 is 0 Å². The number of nitrogens with two attached hydrogens (primary N) is 1. The van der Waals surface area contributed by atoms with Crippen molar-refractivity contribution in [3.63, 3.8) is 0 Å². The minimum Gasteiger partial charge on any atom is -0.378 e. The molecule has 14 heavy (non-hydrogen) atoms. The van der Waals surface area contributed by atoms with Crippen LogP contribution in [0, 0.1) is 0 Å². The second-order valence-corrected chi connectivity index (χ2v) is 4.09. The van der Waals surface area contributed by atoms with Gasteiger partial charge in [-0.15, -0.1) is 0 Å². The molecule has 0 bridgehead atoms.